The molecule has 0 saturated carbocycles. The van der Waals surface area contributed by atoms with Gasteiger partial charge in [0.1, 0.15) is 11.6 Å². The average molecular weight is 434 g/mol. The molecule has 4 rings (SSSR count). The summed E-state index contributed by atoms with van der Waals surface area (Å²) in [6.07, 6.45) is 1.77. The van der Waals surface area contributed by atoms with Crippen LogP contribution in [0, 0.1) is 0 Å². The van der Waals surface area contributed by atoms with Gasteiger partial charge in [0.25, 0.3) is 5.56 Å². The highest BCUT2D eigenvalue weighted by atomic mass is 16.5. The zero-order chi connectivity index (χ0) is 22.7. The fourth-order valence-corrected chi connectivity index (χ4v) is 3.73. The lowest BCUT2D eigenvalue weighted by Gasteiger charge is -2.22. The lowest BCUT2D eigenvalue weighted by molar-refractivity contribution is 0.482. The largest absolute Gasteiger partial charge is 0.455 e. The molecule has 0 spiro atoms. The van der Waals surface area contributed by atoms with Crippen LogP contribution in [0.3, 0.4) is 0 Å². The molecule has 2 heterocycles. The maximum Gasteiger partial charge on any atom is 0.330 e. The van der Waals surface area contributed by atoms with Gasteiger partial charge in [-0.3, -0.25) is 14.3 Å². The van der Waals surface area contributed by atoms with E-state index in [2.05, 4.69) is 16.9 Å². The minimum absolute atomic E-state index is 0.401. The van der Waals surface area contributed by atoms with E-state index in [4.69, 9.17) is 4.74 Å². The Morgan fingerprint density at radius 2 is 1.78 bits per heavy atom. The molecule has 0 aliphatic carbocycles. The molecule has 0 aliphatic heterocycles. The monoisotopic (exact) mass is 433 g/mol. The Bertz CT molecular complexity index is 1340. The number of nitrogens with zero attached hydrogens (tertiary/aromatic N) is 4. The van der Waals surface area contributed by atoms with Crippen LogP contribution in [0.25, 0.3) is 11.2 Å². The van der Waals surface area contributed by atoms with Crippen LogP contribution in [0.1, 0.15) is 25.6 Å². The summed E-state index contributed by atoms with van der Waals surface area (Å²) in [4.78, 5) is 34.0. The Labute approximate surface area is 185 Å². The molecule has 2 aromatic heterocycles. The zero-order valence-corrected chi connectivity index (χ0v) is 18.5. The van der Waals surface area contributed by atoms with E-state index in [0.29, 0.717) is 30.1 Å². The molecule has 8 heteroatoms. The number of hydrogen-bond donors (Lipinski definition) is 1. The molecule has 166 valence electrons. The summed E-state index contributed by atoms with van der Waals surface area (Å²) in [7, 11) is 3.75. The van der Waals surface area contributed by atoms with Crippen molar-refractivity contribution < 1.29 is 4.74 Å². The van der Waals surface area contributed by atoms with Crippen LogP contribution in [-0.2, 0) is 20.1 Å². The fourth-order valence-electron chi connectivity index (χ4n) is 3.73. The lowest BCUT2D eigenvalue weighted by atomic mass is 10.2. The van der Waals surface area contributed by atoms with Crippen LogP contribution in [0.4, 0.5) is 5.69 Å². The number of H-pyrrole nitrogens is 1. The van der Waals surface area contributed by atoms with Gasteiger partial charge in [0.15, 0.2) is 16.9 Å². The van der Waals surface area contributed by atoms with Crippen molar-refractivity contribution >= 4 is 16.9 Å². The predicted molar refractivity (Wildman–Crippen MR) is 126 cm³/mol. The van der Waals surface area contributed by atoms with Crippen molar-refractivity contribution in [2.75, 3.05) is 11.9 Å². The summed E-state index contributed by atoms with van der Waals surface area (Å²) in [6, 6.07) is 17.4. The molecular formula is C24H27N5O3. The lowest BCUT2D eigenvalue weighted by Crippen LogP contribution is -2.31. The second-order valence-electron chi connectivity index (χ2n) is 7.76. The molecule has 0 saturated heterocycles. The van der Waals surface area contributed by atoms with Crippen molar-refractivity contribution in [1.82, 2.24) is 19.1 Å². The number of ether oxygens (including phenoxy) is 1. The van der Waals surface area contributed by atoms with Crippen LogP contribution < -0.4 is 20.9 Å². The second kappa shape index (κ2) is 9.13. The number of aromatic nitrogens is 4. The summed E-state index contributed by atoms with van der Waals surface area (Å²) >= 11 is 0. The Morgan fingerprint density at radius 3 is 2.53 bits per heavy atom. The SMILES string of the molecule is CCCCn1c(=O)[nH]c(=O)c2c1nc(CN(C)c1ccccc1Oc1ccccc1)n2C. The second-order valence-corrected chi connectivity index (χ2v) is 7.76. The highest BCUT2D eigenvalue weighted by Gasteiger charge is 2.18. The Balaban J connectivity index is 1.69. The van der Waals surface area contributed by atoms with Gasteiger partial charge in [-0.05, 0) is 30.7 Å². The predicted octanol–water partition coefficient (Wildman–Crippen LogP) is 3.65. The fraction of sp³-hybridized carbons (Fsp3) is 0.292. The average Bonchev–Trinajstić information content (AvgIpc) is 3.11. The van der Waals surface area contributed by atoms with Gasteiger partial charge in [-0.25, -0.2) is 9.78 Å². The summed E-state index contributed by atoms with van der Waals surface area (Å²) in [5, 5.41) is 0. The van der Waals surface area contributed by atoms with E-state index < -0.39 is 11.2 Å². The number of fused-ring (bicyclic) bond motifs is 1. The minimum atomic E-state index is -0.422. The number of imidazole rings is 1. The number of nitrogens with one attached hydrogen (secondary N) is 1. The smallest absolute Gasteiger partial charge is 0.330 e. The van der Waals surface area contributed by atoms with Gasteiger partial charge in [-0.15, -0.1) is 0 Å². The summed E-state index contributed by atoms with van der Waals surface area (Å²) in [6.45, 7) is 3.01. The van der Waals surface area contributed by atoms with Gasteiger partial charge in [-0.1, -0.05) is 43.7 Å². The van der Waals surface area contributed by atoms with Crippen LogP contribution in [0.15, 0.2) is 64.2 Å². The van der Waals surface area contributed by atoms with Crippen molar-refractivity contribution in [1.29, 1.82) is 0 Å². The number of hydrogen-bond acceptors (Lipinski definition) is 5. The molecule has 0 atom stereocenters. The van der Waals surface area contributed by atoms with Gasteiger partial charge in [-0.2, -0.15) is 0 Å². The summed E-state index contributed by atoms with van der Waals surface area (Å²) in [5.41, 5.74) is 0.871. The normalized spacial score (nSPS) is 11.1. The van der Waals surface area contributed by atoms with Gasteiger partial charge in [0.2, 0.25) is 0 Å². The molecule has 4 aromatic rings. The molecule has 0 aliphatic rings. The third kappa shape index (κ3) is 4.16. The summed E-state index contributed by atoms with van der Waals surface area (Å²) < 4.78 is 9.40. The number of aryl methyl sites for hydroxylation is 2. The molecule has 0 bridgehead atoms. The first-order valence-electron chi connectivity index (χ1n) is 10.7. The minimum Gasteiger partial charge on any atom is -0.455 e. The third-order valence-corrected chi connectivity index (χ3v) is 5.47. The van der Waals surface area contributed by atoms with Gasteiger partial charge in [0, 0.05) is 20.6 Å². The van der Waals surface area contributed by atoms with Gasteiger partial charge >= 0.3 is 5.69 Å². The van der Waals surface area contributed by atoms with Gasteiger partial charge < -0.3 is 14.2 Å². The van der Waals surface area contributed by atoms with E-state index in [1.165, 1.54) is 0 Å². The first-order chi connectivity index (χ1) is 15.5. The first-order valence-corrected chi connectivity index (χ1v) is 10.7. The number of unbranched alkanes of at least 4 members (excludes halogenated alkanes) is 1. The molecule has 0 radical (unpaired) electrons. The Morgan fingerprint density at radius 1 is 1.06 bits per heavy atom. The maximum absolute atomic E-state index is 12.5. The van der Waals surface area contributed by atoms with Crippen LogP contribution in [0.2, 0.25) is 0 Å². The van der Waals surface area contributed by atoms with E-state index in [1.54, 1.807) is 16.2 Å². The van der Waals surface area contributed by atoms with Crippen LogP contribution in [0.5, 0.6) is 11.5 Å². The Kier molecular flexibility index (Phi) is 6.11. The topological polar surface area (TPSA) is 85.2 Å². The summed E-state index contributed by atoms with van der Waals surface area (Å²) in [5.74, 6) is 2.15. The zero-order valence-electron chi connectivity index (χ0n) is 18.5. The van der Waals surface area contributed by atoms with E-state index >= 15 is 0 Å². The molecule has 1 N–H and O–H groups in total. The molecule has 32 heavy (non-hydrogen) atoms. The number of aromatic amines is 1. The van der Waals surface area contributed by atoms with Gasteiger partial charge in [0.05, 0.1) is 12.2 Å². The van der Waals surface area contributed by atoms with E-state index in [9.17, 15) is 9.59 Å². The standard InChI is InChI=1S/C24H27N5O3/c1-4-5-15-29-22-21(23(30)26-24(29)31)28(3)20(25-22)16-27(2)18-13-9-10-14-19(18)32-17-11-7-6-8-12-17/h6-14H,4-5,15-16H2,1-3H3,(H,26,30,31). The van der Waals surface area contributed by atoms with Crippen molar-refractivity contribution in [2.24, 2.45) is 7.05 Å². The number of rotatable bonds is 8. The molecule has 2 aromatic carbocycles. The van der Waals surface area contributed by atoms with E-state index in [0.717, 1.165) is 30.0 Å². The molecular weight excluding hydrogens is 406 g/mol. The molecule has 0 amide bonds. The molecule has 8 nitrogen and oxygen atoms in total. The quantitative estimate of drug-likeness (QED) is 0.458. The van der Waals surface area contributed by atoms with Crippen LogP contribution >= 0.6 is 0 Å². The highest BCUT2D eigenvalue weighted by Crippen LogP contribution is 2.32. The number of benzene rings is 2. The maximum atomic E-state index is 12.5. The molecule has 0 fully saturated rings. The van der Waals surface area contributed by atoms with E-state index in [-0.39, 0.29) is 0 Å². The van der Waals surface area contributed by atoms with Crippen molar-refractivity contribution in [3.8, 4) is 11.5 Å². The number of anilines is 1. The van der Waals surface area contributed by atoms with Crippen LogP contribution in [-0.4, -0.2) is 26.1 Å². The molecule has 0 unspecified atom stereocenters. The number of para-hydroxylation sites is 3. The first kappa shape index (κ1) is 21.4. The van der Waals surface area contributed by atoms with Crippen molar-refractivity contribution in [2.45, 2.75) is 32.9 Å². The highest BCUT2D eigenvalue weighted by molar-refractivity contribution is 5.71. The van der Waals surface area contributed by atoms with Crippen molar-refractivity contribution in [3.63, 3.8) is 0 Å². The van der Waals surface area contributed by atoms with E-state index in [1.807, 2.05) is 66.5 Å². The Hall–Kier alpha value is -3.81. The van der Waals surface area contributed by atoms with Crippen molar-refractivity contribution in [3.05, 3.63) is 81.3 Å². The third-order valence-electron chi connectivity index (χ3n) is 5.47.